The minimum atomic E-state index is 0.863. The van der Waals surface area contributed by atoms with Gasteiger partial charge in [-0.15, -0.1) is 5.10 Å². The van der Waals surface area contributed by atoms with Gasteiger partial charge in [0.05, 0.1) is 6.21 Å². The molecule has 3 heteroatoms. The second kappa shape index (κ2) is 7.83. The van der Waals surface area contributed by atoms with Crippen molar-refractivity contribution in [2.45, 2.75) is 13.3 Å². The molecule has 1 heterocycles. The number of benzene rings is 3. The van der Waals surface area contributed by atoms with E-state index in [1.54, 1.807) is 0 Å². The number of rotatable bonds is 5. The highest BCUT2D eigenvalue weighted by atomic mass is 15.2. The highest BCUT2D eigenvalue weighted by Crippen LogP contribution is 2.21. The molecule has 0 fully saturated rings. The molecule has 3 nitrogen and oxygen atoms in total. The molecule has 0 bridgehead atoms. The van der Waals surface area contributed by atoms with Crippen molar-refractivity contribution < 1.29 is 0 Å². The second-order valence-corrected chi connectivity index (χ2v) is 6.36. The van der Waals surface area contributed by atoms with Gasteiger partial charge in [0.15, 0.2) is 0 Å². The fourth-order valence-corrected chi connectivity index (χ4v) is 3.26. The number of aromatic nitrogens is 1. The first-order chi connectivity index (χ1) is 13.4. The van der Waals surface area contributed by atoms with Crippen LogP contribution in [0.4, 0.5) is 0 Å². The number of aryl methyl sites for hydroxylation is 1. The van der Waals surface area contributed by atoms with E-state index in [2.05, 4.69) is 64.6 Å². The number of fused-ring (bicyclic) bond motifs is 1. The maximum Gasteiger partial charge on any atom is 0.100 e. The van der Waals surface area contributed by atoms with Crippen LogP contribution in [0.5, 0.6) is 0 Å². The zero-order chi connectivity index (χ0) is 18.5. The zero-order valence-corrected chi connectivity index (χ0v) is 15.3. The van der Waals surface area contributed by atoms with Crippen LogP contribution in [0.1, 0.15) is 29.2 Å². The Labute approximate surface area is 159 Å². The minimum absolute atomic E-state index is 0.863. The highest BCUT2D eigenvalue weighted by molar-refractivity contribution is 6.13. The molecule has 0 aliphatic rings. The summed E-state index contributed by atoms with van der Waals surface area (Å²) in [5.74, 6) is 0. The molecule has 0 radical (unpaired) electrons. The maximum absolute atomic E-state index is 4.56. The van der Waals surface area contributed by atoms with Crippen molar-refractivity contribution in [1.82, 2.24) is 4.98 Å². The van der Waals surface area contributed by atoms with E-state index in [-0.39, 0.29) is 0 Å². The topological polar surface area (TPSA) is 40.5 Å². The Morgan fingerprint density at radius 2 is 1.52 bits per heavy atom. The highest BCUT2D eigenvalue weighted by Gasteiger charge is 2.07. The van der Waals surface area contributed by atoms with Crippen molar-refractivity contribution in [2.24, 2.45) is 10.2 Å². The predicted molar refractivity (Wildman–Crippen MR) is 114 cm³/mol. The van der Waals surface area contributed by atoms with Crippen molar-refractivity contribution in [3.63, 3.8) is 0 Å². The standard InChI is InChI=1S/C24H21N3/c1-2-18-14-9-15-22-21(16-25-24(18)22)17-26-27-23(19-10-5-3-6-11-19)20-12-7-4-8-13-20/h3-17,25H,2H2,1H3/b26-17+. The Kier molecular flexibility index (Phi) is 4.93. The lowest BCUT2D eigenvalue weighted by Crippen LogP contribution is -2.02. The van der Waals surface area contributed by atoms with Crippen LogP contribution < -0.4 is 0 Å². The molecule has 132 valence electrons. The number of hydrogen-bond acceptors (Lipinski definition) is 2. The van der Waals surface area contributed by atoms with Gasteiger partial charge in [0.25, 0.3) is 0 Å². The first-order valence-electron chi connectivity index (χ1n) is 9.17. The normalized spacial score (nSPS) is 11.1. The molecule has 0 saturated heterocycles. The summed E-state index contributed by atoms with van der Waals surface area (Å²) in [5, 5.41) is 10.2. The van der Waals surface area contributed by atoms with Gasteiger partial charge in [0, 0.05) is 33.8 Å². The van der Waals surface area contributed by atoms with Gasteiger partial charge in [-0.05, 0) is 12.0 Å². The summed E-state index contributed by atoms with van der Waals surface area (Å²) in [6, 6.07) is 26.7. The number of aromatic amines is 1. The number of H-pyrrole nitrogens is 1. The lowest BCUT2D eigenvalue weighted by Gasteiger charge is -2.05. The molecule has 1 aromatic heterocycles. The van der Waals surface area contributed by atoms with Gasteiger partial charge in [0.2, 0.25) is 0 Å². The summed E-state index contributed by atoms with van der Waals surface area (Å²) in [4.78, 5) is 3.37. The molecule has 4 rings (SSSR count). The second-order valence-electron chi connectivity index (χ2n) is 6.36. The summed E-state index contributed by atoms with van der Waals surface area (Å²) in [5.41, 5.74) is 6.49. The first-order valence-corrected chi connectivity index (χ1v) is 9.17. The van der Waals surface area contributed by atoms with E-state index in [4.69, 9.17) is 0 Å². The minimum Gasteiger partial charge on any atom is -0.360 e. The SMILES string of the molecule is CCc1cccc2c(/C=N/N=C(c3ccccc3)c3ccccc3)c[nH]c12. The molecule has 3 aromatic carbocycles. The Hall–Kier alpha value is -3.46. The predicted octanol–water partition coefficient (Wildman–Crippen LogP) is 5.60. The molecule has 0 unspecified atom stereocenters. The molecule has 0 saturated carbocycles. The molecular weight excluding hydrogens is 330 g/mol. The van der Waals surface area contributed by atoms with Gasteiger partial charge in [-0.3, -0.25) is 0 Å². The van der Waals surface area contributed by atoms with E-state index < -0.39 is 0 Å². The van der Waals surface area contributed by atoms with Crippen LogP contribution in [0, 0.1) is 0 Å². The van der Waals surface area contributed by atoms with Crippen molar-refractivity contribution in [3.05, 3.63) is 107 Å². The summed E-state index contributed by atoms with van der Waals surface area (Å²) < 4.78 is 0. The van der Waals surface area contributed by atoms with Crippen molar-refractivity contribution >= 4 is 22.8 Å². The number of para-hydroxylation sites is 1. The molecule has 4 aromatic rings. The smallest absolute Gasteiger partial charge is 0.100 e. The Morgan fingerprint density at radius 3 is 2.15 bits per heavy atom. The first kappa shape index (κ1) is 17.0. The van der Waals surface area contributed by atoms with Crippen LogP contribution in [0.2, 0.25) is 0 Å². The zero-order valence-electron chi connectivity index (χ0n) is 15.3. The third-order valence-electron chi connectivity index (χ3n) is 4.66. The van der Waals surface area contributed by atoms with Gasteiger partial charge in [-0.2, -0.15) is 5.10 Å². The Balaban J connectivity index is 1.72. The molecule has 0 amide bonds. The summed E-state index contributed by atoms with van der Waals surface area (Å²) in [7, 11) is 0. The molecule has 1 N–H and O–H groups in total. The van der Waals surface area contributed by atoms with Gasteiger partial charge in [-0.1, -0.05) is 85.8 Å². The van der Waals surface area contributed by atoms with Crippen LogP contribution in [0.25, 0.3) is 10.9 Å². The number of nitrogens with zero attached hydrogens (tertiary/aromatic N) is 2. The third-order valence-corrected chi connectivity index (χ3v) is 4.66. The average molecular weight is 351 g/mol. The van der Waals surface area contributed by atoms with Crippen LogP contribution in [0.15, 0.2) is 95.3 Å². The fraction of sp³-hybridized carbons (Fsp3) is 0.0833. The molecule has 0 aliphatic carbocycles. The molecule has 0 spiro atoms. The van der Waals surface area contributed by atoms with E-state index >= 15 is 0 Å². The lowest BCUT2D eigenvalue weighted by atomic mass is 10.0. The number of nitrogens with one attached hydrogen (secondary N) is 1. The summed E-state index contributed by atoms with van der Waals surface area (Å²) in [6.07, 6.45) is 4.82. The number of hydrogen-bond donors (Lipinski definition) is 1. The summed E-state index contributed by atoms with van der Waals surface area (Å²) >= 11 is 0. The van der Waals surface area contributed by atoms with Crippen molar-refractivity contribution in [2.75, 3.05) is 0 Å². The van der Waals surface area contributed by atoms with E-state index in [1.165, 1.54) is 16.5 Å². The van der Waals surface area contributed by atoms with Crippen LogP contribution in [-0.2, 0) is 6.42 Å². The van der Waals surface area contributed by atoms with E-state index in [9.17, 15) is 0 Å². The van der Waals surface area contributed by atoms with Gasteiger partial charge in [-0.25, -0.2) is 0 Å². The molecule has 0 aliphatic heterocycles. The summed E-state index contributed by atoms with van der Waals surface area (Å²) in [6.45, 7) is 2.17. The van der Waals surface area contributed by atoms with E-state index in [0.29, 0.717) is 0 Å². The molecule has 0 atom stereocenters. The van der Waals surface area contributed by atoms with Gasteiger partial charge >= 0.3 is 0 Å². The van der Waals surface area contributed by atoms with Gasteiger partial charge in [0.1, 0.15) is 5.71 Å². The van der Waals surface area contributed by atoms with Crippen molar-refractivity contribution in [1.29, 1.82) is 0 Å². The van der Waals surface area contributed by atoms with Crippen LogP contribution >= 0.6 is 0 Å². The Bertz CT molecular complexity index is 1050. The van der Waals surface area contributed by atoms with E-state index in [0.717, 1.165) is 28.8 Å². The lowest BCUT2D eigenvalue weighted by molar-refractivity contribution is 1.15. The largest absolute Gasteiger partial charge is 0.360 e. The maximum atomic E-state index is 4.56. The molecular formula is C24H21N3. The van der Waals surface area contributed by atoms with Gasteiger partial charge < -0.3 is 4.98 Å². The van der Waals surface area contributed by atoms with Crippen molar-refractivity contribution in [3.8, 4) is 0 Å². The third kappa shape index (κ3) is 3.58. The molecule has 27 heavy (non-hydrogen) atoms. The monoisotopic (exact) mass is 351 g/mol. The Morgan fingerprint density at radius 1 is 0.852 bits per heavy atom. The van der Waals surface area contributed by atoms with E-state index in [1.807, 2.05) is 48.8 Å². The average Bonchev–Trinajstić information content (AvgIpc) is 3.16. The van der Waals surface area contributed by atoms with Crippen LogP contribution in [-0.4, -0.2) is 16.9 Å². The quantitative estimate of drug-likeness (QED) is 0.359. The van der Waals surface area contributed by atoms with Crippen LogP contribution in [0.3, 0.4) is 0 Å². The fourth-order valence-electron chi connectivity index (χ4n) is 3.26.